The van der Waals surface area contributed by atoms with Crippen LogP contribution in [0, 0.1) is 52.0 Å². The molecule has 0 N–H and O–H groups in total. The summed E-state index contributed by atoms with van der Waals surface area (Å²) < 4.78 is 36.7. The molecule has 0 radical (unpaired) electrons. The van der Waals surface area contributed by atoms with E-state index in [0.717, 1.165) is 52.2 Å². The zero-order valence-corrected chi connectivity index (χ0v) is 80.8. The van der Waals surface area contributed by atoms with Crippen LogP contribution in [0.15, 0.2) is 396 Å². The molecule has 4 aromatic carbocycles. The molecule has 0 amide bonds. The van der Waals surface area contributed by atoms with E-state index in [1.54, 1.807) is 250 Å². The number of halogens is 2. The van der Waals surface area contributed by atoms with Crippen molar-refractivity contribution in [2.45, 2.75) is 55.4 Å². The average Bonchev–Trinajstić information content (AvgIpc) is 1.76. The summed E-state index contributed by atoms with van der Waals surface area (Å²) in [4.78, 5) is 66.6. The Morgan fingerprint density at radius 3 is 1.15 bits per heavy atom. The van der Waals surface area contributed by atoms with Gasteiger partial charge < -0.3 is 37.6 Å². The molecule has 1 aliphatic heterocycles. The summed E-state index contributed by atoms with van der Waals surface area (Å²) in [5.74, 6) is 5.41. The van der Waals surface area contributed by atoms with Gasteiger partial charge in [-0.2, -0.15) is 21.4 Å². The number of pyridine rings is 4. The van der Waals surface area contributed by atoms with Gasteiger partial charge in [0.05, 0.1) is 60.6 Å². The van der Waals surface area contributed by atoms with Crippen molar-refractivity contribution in [1.82, 2.24) is 83.7 Å². The summed E-state index contributed by atoms with van der Waals surface area (Å²) in [5, 5.41) is 8.60. The van der Waals surface area contributed by atoms with Gasteiger partial charge in [0.2, 0.25) is 5.88 Å². The van der Waals surface area contributed by atoms with E-state index in [1.165, 1.54) is 42.7 Å². The predicted octanol–water partition coefficient (Wildman–Crippen LogP) is 22.6. The molecular formula is C100H118ClIN18O7S2. The summed E-state index contributed by atoms with van der Waals surface area (Å²) in [6, 6.07) is 65.7. The van der Waals surface area contributed by atoms with E-state index in [9.17, 15) is 4.79 Å². The van der Waals surface area contributed by atoms with Crippen molar-refractivity contribution in [3.63, 3.8) is 0 Å². The number of Topliss-reactive ketones (excluding diaryl/α,β-unsaturated/α-hetero) is 1. The second-order valence-corrected chi connectivity index (χ2v) is 29.1. The lowest BCUT2D eigenvalue weighted by Gasteiger charge is -2.06. The number of carbonyl (C=O) groups excluding carboxylic acids is 1. The molecule has 1 aliphatic rings. The van der Waals surface area contributed by atoms with Crippen molar-refractivity contribution >= 4 is 68.9 Å². The fourth-order valence-electron chi connectivity index (χ4n) is 7.96. The quantitative estimate of drug-likeness (QED) is 0.106. The van der Waals surface area contributed by atoms with E-state index < -0.39 is 0 Å². The van der Waals surface area contributed by atoms with Crippen LogP contribution in [-0.4, -0.2) is 145 Å². The lowest BCUT2D eigenvalue weighted by atomic mass is 10.1. The summed E-state index contributed by atoms with van der Waals surface area (Å²) in [6.45, 7) is 16.6. The van der Waals surface area contributed by atoms with Gasteiger partial charge in [0, 0.05) is 213 Å². The number of allylic oxidation sites excluding steroid dienone is 1. The average molecular weight is 1910 g/mol. The van der Waals surface area contributed by atoms with Crippen molar-refractivity contribution < 1.29 is 33.2 Å². The molecule has 676 valence electrons. The zero-order valence-electron chi connectivity index (χ0n) is 76.2. The molecule has 13 aromatic heterocycles. The highest BCUT2D eigenvalue weighted by Gasteiger charge is 2.01. The molecule has 129 heavy (non-hydrogen) atoms. The standard InChI is InChI=1S/C9H12O3.C9H10O.C7H7IO.C7H8.C6H8N2O.C6H7NO.C6H7N.C6H8S.C5H4ClN.C5H6N2.C5H7N.C5H5N.2C4H6N2.2C4H4N2.C4H5N.C4H4S/c1-10-7-4-8(11-2)6-9(5-7)12-3;1-7-3-5-9(6-4-7)8(2)10;1-9-7-4-2-6(8)3-5-7;1-7-5-3-2-4-6-7;1-5-7-4-3-6(8-5)9-2;1-8-6-2-4-7-5-3-6;1-6-2-4-7-5-3-6;1-5-3-4-6(2)7-5;6-5-2-1-3-7-4-5;1-5-2-6-4-7-3-5;1-6-4-2-3-5-6;1-2-4-6-5-3-1;1-6-3-2-5-4-6;1-6-4-2-3-5-6;1-2-6-4-3-5-1;1-2-5-4-6-3-1;2*1-2-4-5-3-1/h4-6H,1-3H3;3-6H,1-2H3;2-5H,1H3;2-6H,1H3;3-4H,1-2H3;2-5H,1H3;2-5H,1H3;3-4H,1-2H3;1-4H;2-4H,1H3;2-5H,1H3;1-5H;2*2-4H,1H3;2*1-4H;1-3H,4H2;1-4H. The first-order valence-electron chi connectivity index (χ1n) is 39.5. The third-order valence-electron chi connectivity index (χ3n) is 14.4. The molecular weight excluding hydrogens is 1790 g/mol. The molecule has 17 aromatic rings. The van der Waals surface area contributed by atoms with E-state index in [1.807, 2.05) is 244 Å². The Labute approximate surface area is 788 Å². The second kappa shape index (κ2) is 79.7. The minimum atomic E-state index is 0.125. The lowest BCUT2D eigenvalue weighted by Crippen LogP contribution is -1.90. The van der Waals surface area contributed by atoms with Crippen molar-refractivity contribution in [3.8, 4) is 34.6 Å². The number of methoxy groups -OCH3 is 6. The molecule has 0 fully saturated rings. The first kappa shape index (κ1) is 113. The number of imidazole rings is 1. The van der Waals surface area contributed by atoms with E-state index in [2.05, 4.69) is 143 Å². The maximum Gasteiger partial charge on any atom is 0.216 e. The van der Waals surface area contributed by atoms with Crippen molar-refractivity contribution in [2.75, 3.05) is 49.2 Å². The van der Waals surface area contributed by atoms with Gasteiger partial charge in [-0.05, 0) is 215 Å². The molecule has 0 aliphatic carbocycles. The number of carbonyl (C=O) groups is 1. The van der Waals surface area contributed by atoms with Gasteiger partial charge in [0.1, 0.15) is 47.2 Å². The maximum absolute atomic E-state index is 10.8. The Kier molecular flexibility index (Phi) is 69.7. The lowest BCUT2D eigenvalue weighted by molar-refractivity contribution is 0.101. The number of aryl methyl sites for hydroxylation is 10. The number of thiophene rings is 2. The highest BCUT2D eigenvalue weighted by Crippen LogP contribution is 2.27. The smallest absolute Gasteiger partial charge is 0.216 e. The maximum atomic E-state index is 10.8. The number of hydrogen-bond acceptors (Lipinski definition) is 24. The van der Waals surface area contributed by atoms with Gasteiger partial charge >= 0.3 is 0 Å². The minimum absolute atomic E-state index is 0.125. The van der Waals surface area contributed by atoms with Crippen molar-refractivity contribution in [1.29, 1.82) is 0 Å². The van der Waals surface area contributed by atoms with E-state index in [0.29, 0.717) is 10.9 Å². The fraction of sp³-hybridized carbons (Fsp3) is 0.180. The van der Waals surface area contributed by atoms with Gasteiger partial charge in [-0.1, -0.05) is 102 Å². The van der Waals surface area contributed by atoms with Gasteiger partial charge in [-0.15, -0.1) is 11.3 Å². The van der Waals surface area contributed by atoms with Crippen LogP contribution in [0.2, 0.25) is 5.02 Å². The van der Waals surface area contributed by atoms with Crippen molar-refractivity contribution in [3.05, 3.63) is 443 Å². The number of ketones is 1. The fourth-order valence-corrected chi connectivity index (χ4v) is 9.68. The molecule has 29 heteroatoms. The SMILES string of the molecule is C1=CCN=C1.CC(=O)c1ccc(C)cc1.COc1cc(OC)cc(OC)c1.COc1ccc(I)cc1.COc1ccnc(C)n1.COc1ccncc1.Cc1ccc(C)s1.Cc1ccccc1.Cc1ccncc1.Cc1cncnc1.Clc1cccnc1.Cn1cccc1.Cn1cccn1.Cn1ccnc1.c1ccncc1.c1ccsc1.c1cnccn1.c1cncnc1. The number of ether oxygens (including phenoxy) is 6. The van der Waals surface area contributed by atoms with Crippen LogP contribution in [0.3, 0.4) is 0 Å². The summed E-state index contributed by atoms with van der Waals surface area (Å²) in [6.07, 6.45) is 50.7. The largest absolute Gasteiger partial charge is 0.497 e. The Balaban J connectivity index is 0.000000686. The summed E-state index contributed by atoms with van der Waals surface area (Å²) in [5.41, 5.74) is 5.65. The van der Waals surface area contributed by atoms with E-state index >= 15 is 0 Å². The Morgan fingerprint density at radius 2 is 0.891 bits per heavy atom. The Hall–Kier alpha value is -14.2. The van der Waals surface area contributed by atoms with Crippen LogP contribution in [0.5, 0.6) is 34.6 Å². The first-order chi connectivity index (χ1) is 62.6. The van der Waals surface area contributed by atoms with Crippen LogP contribution in [-0.2, 0) is 21.1 Å². The van der Waals surface area contributed by atoms with Crippen LogP contribution in [0.1, 0.15) is 55.1 Å². The van der Waals surface area contributed by atoms with Crippen LogP contribution in [0.4, 0.5) is 0 Å². The third-order valence-corrected chi connectivity index (χ3v) is 16.9. The highest BCUT2D eigenvalue weighted by molar-refractivity contribution is 14.1. The van der Waals surface area contributed by atoms with Gasteiger partial charge in [-0.25, -0.2) is 29.9 Å². The minimum Gasteiger partial charge on any atom is -0.497 e. The second-order valence-electron chi connectivity index (χ2n) is 25.1. The van der Waals surface area contributed by atoms with E-state index in [-0.39, 0.29) is 5.78 Å². The third kappa shape index (κ3) is 70.7. The normalized spacial score (nSPS) is 9.14. The first-order valence-corrected chi connectivity index (χ1v) is 42.7. The monoisotopic (exact) mass is 1910 g/mol. The number of hydrogen-bond donors (Lipinski definition) is 0. The molecule has 14 heterocycles. The molecule has 0 atom stereocenters. The number of aromatic nitrogens is 17. The topological polar surface area (TPSA) is 280 Å². The van der Waals surface area contributed by atoms with Crippen LogP contribution in [0.25, 0.3) is 0 Å². The number of nitrogens with zero attached hydrogens (tertiary/aromatic N) is 18. The zero-order chi connectivity index (χ0) is 94.5. The number of aliphatic imine (C=N–C) groups is 1. The number of rotatable bonds is 7. The molecule has 25 nitrogen and oxygen atoms in total. The summed E-state index contributed by atoms with van der Waals surface area (Å²) >= 11 is 11.3. The van der Waals surface area contributed by atoms with Gasteiger partial charge in [0.15, 0.2) is 5.78 Å². The molecule has 0 saturated carbocycles. The molecule has 0 unspecified atom stereocenters. The summed E-state index contributed by atoms with van der Waals surface area (Å²) in [7, 11) is 15.5. The van der Waals surface area contributed by atoms with E-state index in [4.69, 9.17) is 40.0 Å². The van der Waals surface area contributed by atoms with Crippen LogP contribution >= 0.6 is 56.9 Å². The molecule has 18 rings (SSSR count). The number of benzene rings is 4. The van der Waals surface area contributed by atoms with Gasteiger partial charge in [-0.3, -0.25) is 44.4 Å². The Bertz CT molecular complexity index is 4820. The van der Waals surface area contributed by atoms with Crippen LogP contribution < -0.4 is 28.4 Å². The molecule has 0 saturated heterocycles. The predicted molar refractivity (Wildman–Crippen MR) is 534 cm³/mol. The van der Waals surface area contributed by atoms with Gasteiger partial charge in [0.25, 0.3) is 0 Å². The molecule has 0 spiro atoms. The van der Waals surface area contributed by atoms with Crippen molar-refractivity contribution in [2.24, 2.45) is 26.1 Å². The highest BCUT2D eigenvalue weighted by atomic mass is 127. The Morgan fingerprint density at radius 1 is 0.395 bits per heavy atom. The molecule has 0 bridgehead atoms.